The number of hydrogen-bond donors (Lipinski definition) is 0. The van der Waals surface area contributed by atoms with Gasteiger partial charge in [0.1, 0.15) is 11.4 Å². The smallest absolute Gasteiger partial charge is 0.220 e. The summed E-state index contributed by atoms with van der Waals surface area (Å²) >= 11 is 1.51. The number of nitrogens with zero attached hydrogens (tertiary/aromatic N) is 6. The van der Waals surface area contributed by atoms with E-state index >= 15 is 0 Å². The van der Waals surface area contributed by atoms with Gasteiger partial charge in [-0.25, -0.2) is 9.97 Å². The van der Waals surface area contributed by atoms with E-state index in [0.717, 1.165) is 40.8 Å². The Morgan fingerprint density at radius 1 is 1.08 bits per heavy atom. The van der Waals surface area contributed by atoms with Crippen LogP contribution in [0.1, 0.15) is 43.0 Å². The van der Waals surface area contributed by atoms with E-state index in [4.69, 9.17) is 0 Å². The van der Waals surface area contributed by atoms with Crippen molar-refractivity contribution in [1.29, 1.82) is 0 Å². The molecule has 2 aromatic heterocycles. The van der Waals surface area contributed by atoms with E-state index in [-0.39, 0.29) is 0 Å². The fourth-order valence-corrected chi connectivity index (χ4v) is 3.83. The summed E-state index contributed by atoms with van der Waals surface area (Å²) in [6.07, 6.45) is 4.84. The number of fused-ring (bicyclic) bond motifs is 1. The predicted octanol–water partition coefficient (Wildman–Crippen LogP) is 3.22. The summed E-state index contributed by atoms with van der Waals surface area (Å²) in [7, 11) is 0. The van der Waals surface area contributed by atoms with Crippen LogP contribution >= 0.6 is 11.8 Å². The van der Waals surface area contributed by atoms with Crippen molar-refractivity contribution < 1.29 is 0 Å². The number of benzene rings is 1. The van der Waals surface area contributed by atoms with Crippen LogP contribution in [0.25, 0.3) is 5.69 Å². The van der Waals surface area contributed by atoms with Crippen LogP contribution in [0.3, 0.4) is 0 Å². The Morgan fingerprint density at radius 3 is 2.71 bits per heavy atom. The highest BCUT2D eigenvalue weighted by Gasteiger charge is 2.20. The van der Waals surface area contributed by atoms with Gasteiger partial charge in [-0.2, -0.15) is 4.68 Å². The largest absolute Gasteiger partial charge is 0.241 e. The van der Waals surface area contributed by atoms with Gasteiger partial charge in [-0.15, -0.1) is 5.10 Å². The van der Waals surface area contributed by atoms with E-state index in [1.165, 1.54) is 22.9 Å². The van der Waals surface area contributed by atoms with Gasteiger partial charge in [-0.3, -0.25) is 0 Å². The van der Waals surface area contributed by atoms with E-state index in [1.54, 1.807) is 11.0 Å². The van der Waals surface area contributed by atoms with E-state index in [9.17, 15) is 0 Å². The molecule has 0 unspecified atom stereocenters. The molecule has 4 rings (SSSR count). The molecule has 3 aromatic rings. The Hall–Kier alpha value is -2.28. The molecule has 0 fully saturated rings. The maximum absolute atomic E-state index is 4.44. The molecule has 7 heteroatoms. The van der Waals surface area contributed by atoms with E-state index < -0.39 is 0 Å². The molecule has 0 saturated carbocycles. The molecular weight excluding hydrogens is 320 g/mol. The second-order valence-corrected chi connectivity index (χ2v) is 7.14. The zero-order chi connectivity index (χ0) is 16.5. The molecule has 1 aliphatic rings. The Labute approximate surface area is 144 Å². The summed E-state index contributed by atoms with van der Waals surface area (Å²) in [5.74, 6) is 0.505. The third-order valence-corrected chi connectivity index (χ3v) is 5.25. The van der Waals surface area contributed by atoms with Crippen molar-refractivity contribution in [2.75, 3.05) is 0 Å². The van der Waals surface area contributed by atoms with Gasteiger partial charge in [0.05, 0.1) is 5.69 Å². The molecule has 0 radical (unpaired) electrons. The predicted molar refractivity (Wildman–Crippen MR) is 91.4 cm³/mol. The zero-order valence-corrected chi connectivity index (χ0v) is 14.5. The first-order chi connectivity index (χ1) is 11.7. The van der Waals surface area contributed by atoms with Crippen LogP contribution in [0.2, 0.25) is 0 Å². The average molecular weight is 338 g/mol. The maximum Gasteiger partial charge on any atom is 0.220 e. The summed E-state index contributed by atoms with van der Waals surface area (Å²) in [5, 5.41) is 13.8. The van der Waals surface area contributed by atoms with Crippen molar-refractivity contribution in [2.24, 2.45) is 0 Å². The lowest BCUT2D eigenvalue weighted by atomic mass is 10.0. The Morgan fingerprint density at radius 2 is 1.92 bits per heavy atom. The zero-order valence-electron chi connectivity index (χ0n) is 13.7. The number of rotatable bonds is 4. The van der Waals surface area contributed by atoms with Crippen LogP contribution in [-0.2, 0) is 12.8 Å². The van der Waals surface area contributed by atoms with Crippen molar-refractivity contribution in [1.82, 2.24) is 30.2 Å². The Kier molecular flexibility index (Phi) is 4.02. The minimum absolute atomic E-state index is 0.505. The van der Waals surface area contributed by atoms with Crippen LogP contribution in [0.15, 0.2) is 40.8 Å². The number of aromatic nitrogens is 6. The van der Waals surface area contributed by atoms with Crippen LogP contribution in [0.4, 0.5) is 0 Å². The average Bonchev–Trinajstić information content (AvgIpc) is 3.24. The van der Waals surface area contributed by atoms with Gasteiger partial charge in [0.25, 0.3) is 0 Å². The van der Waals surface area contributed by atoms with Gasteiger partial charge in [0.15, 0.2) is 0 Å². The Bertz CT molecular complexity index is 856. The van der Waals surface area contributed by atoms with Gasteiger partial charge < -0.3 is 0 Å². The standard InChI is InChI=1S/C17H18N6S/c1-11(2)12-6-8-13(9-7-12)23-17(20-21-22-23)24-16-14-4-3-5-15(14)18-10-19-16/h6-11H,3-5H2,1-2H3. The van der Waals surface area contributed by atoms with Crippen molar-refractivity contribution in [3.8, 4) is 5.69 Å². The van der Waals surface area contributed by atoms with Gasteiger partial charge in [0, 0.05) is 11.3 Å². The monoisotopic (exact) mass is 338 g/mol. The molecule has 24 heavy (non-hydrogen) atoms. The second-order valence-electron chi connectivity index (χ2n) is 6.18. The highest BCUT2D eigenvalue weighted by Crippen LogP contribution is 2.33. The molecule has 0 N–H and O–H groups in total. The van der Waals surface area contributed by atoms with Crippen molar-refractivity contribution in [3.63, 3.8) is 0 Å². The molecule has 1 aliphatic carbocycles. The molecule has 6 nitrogen and oxygen atoms in total. The maximum atomic E-state index is 4.44. The molecule has 0 saturated heterocycles. The highest BCUT2D eigenvalue weighted by atomic mass is 32.2. The van der Waals surface area contributed by atoms with Crippen LogP contribution in [-0.4, -0.2) is 30.2 Å². The molecule has 0 amide bonds. The molecule has 122 valence electrons. The number of tetrazole rings is 1. The van der Waals surface area contributed by atoms with E-state index in [2.05, 4.69) is 63.6 Å². The van der Waals surface area contributed by atoms with E-state index in [1.807, 2.05) is 0 Å². The quantitative estimate of drug-likeness (QED) is 0.680. The summed E-state index contributed by atoms with van der Waals surface area (Å²) in [6.45, 7) is 4.37. The van der Waals surface area contributed by atoms with Crippen LogP contribution in [0, 0.1) is 0 Å². The fraction of sp³-hybridized carbons (Fsp3) is 0.353. The first kappa shape index (κ1) is 15.3. The first-order valence-electron chi connectivity index (χ1n) is 8.11. The van der Waals surface area contributed by atoms with Gasteiger partial charge in [-0.05, 0) is 65.1 Å². The van der Waals surface area contributed by atoms with Gasteiger partial charge >= 0.3 is 0 Å². The minimum Gasteiger partial charge on any atom is -0.241 e. The first-order valence-corrected chi connectivity index (χ1v) is 8.93. The molecule has 0 atom stereocenters. The molecule has 2 heterocycles. The summed E-state index contributed by atoms with van der Waals surface area (Å²) < 4.78 is 1.76. The van der Waals surface area contributed by atoms with Crippen LogP contribution in [0.5, 0.6) is 0 Å². The van der Waals surface area contributed by atoms with Gasteiger partial charge in [0.2, 0.25) is 5.16 Å². The summed E-state index contributed by atoms with van der Waals surface area (Å²) in [4.78, 5) is 8.81. The lowest BCUT2D eigenvalue weighted by Crippen LogP contribution is -2.01. The summed E-state index contributed by atoms with van der Waals surface area (Å²) in [6, 6.07) is 8.36. The topological polar surface area (TPSA) is 69.4 Å². The third kappa shape index (κ3) is 2.80. The van der Waals surface area contributed by atoms with Crippen molar-refractivity contribution in [2.45, 2.75) is 49.2 Å². The Balaban J connectivity index is 1.65. The van der Waals surface area contributed by atoms with Crippen molar-refractivity contribution >= 4 is 11.8 Å². The third-order valence-electron chi connectivity index (χ3n) is 4.27. The SMILES string of the molecule is CC(C)c1ccc(-n2nnnc2Sc2ncnc3c2CCC3)cc1. The minimum atomic E-state index is 0.505. The van der Waals surface area contributed by atoms with Crippen molar-refractivity contribution in [3.05, 3.63) is 47.4 Å². The lowest BCUT2D eigenvalue weighted by molar-refractivity contribution is 0.753. The molecule has 1 aromatic carbocycles. The van der Waals surface area contributed by atoms with Crippen LogP contribution < -0.4 is 0 Å². The normalized spacial score (nSPS) is 13.5. The highest BCUT2D eigenvalue weighted by molar-refractivity contribution is 7.99. The molecule has 0 bridgehead atoms. The summed E-state index contributed by atoms with van der Waals surface area (Å²) in [5.41, 5.74) is 4.66. The number of hydrogen-bond acceptors (Lipinski definition) is 6. The fourth-order valence-electron chi connectivity index (χ4n) is 2.91. The second kappa shape index (κ2) is 6.32. The number of aryl methyl sites for hydroxylation is 1. The molecule has 0 aliphatic heterocycles. The molecular formula is C17H18N6S. The van der Waals surface area contributed by atoms with Gasteiger partial charge in [-0.1, -0.05) is 26.0 Å². The lowest BCUT2D eigenvalue weighted by Gasteiger charge is -2.08. The van der Waals surface area contributed by atoms with E-state index in [0.29, 0.717) is 5.92 Å². The molecule has 0 spiro atoms.